The standard InChI is InChI=1S/C13H10F2N2O3/c1-8-4-12(18)17(7-16-8)6-9-2-3-10-11(5-9)20-13(14,15)19-10/h2-5,7H,6H2,1H3. The zero-order valence-corrected chi connectivity index (χ0v) is 10.5. The summed E-state index contributed by atoms with van der Waals surface area (Å²) in [5, 5.41) is 0. The fourth-order valence-electron chi connectivity index (χ4n) is 1.92. The molecule has 1 aliphatic heterocycles. The molecule has 0 aliphatic carbocycles. The fraction of sp³-hybridized carbons (Fsp3) is 0.231. The zero-order chi connectivity index (χ0) is 14.3. The van der Waals surface area contributed by atoms with Gasteiger partial charge < -0.3 is 9.47 Å². The van der Waals surface area contributed by atoms with Crippen molar-refractivity contribution in [3.8, 4) is 11.5 Å². The van der Waals surface area contributed by atoms with Gasteiger partial charge in [0.25, 0.3) is 5.56 Å². The maximum absolute atomic E-state index is 12.9. The Balaban J connectivity index is 1.88. The molecule has 0 radical (unpaired) electrons. The van der Waals surface area contributed by atoms with E-state index in [0.717, 1.165) is 0 Å². The van der Waals surface area contributed by atoms with E-state index in [1.165, 1.54) is 29.1 Å². The lowest BCUT2D eigenvalue weighted by molar-refractivity contribution is -0.286. The van der Waals surface area contributed by atoms with E-state index in [2.05, 4.69) is 14.5 Å². The van der Waals surface area contributed by atoms with Gasteiger partial charge in [0.1, 0.15) is 0 Å². The summed E-state index contributed by atoms with van der Waals surface area (Å²) < 4.78 is 35.8. The third kappa shape index (κ3) is 2.34. The molecule has 104 valence electrons. The molecule has 0 spiro atoms. The maximum Gasteiger partial charge on any atom is 0.586 e. The van der Waals surface area contributed by atoms with Crippen LogP contribution in [0.4, 0.5) is 8.78 Å². The molecule has 2 heterocycles. The van der Waals surface area contributed by atoms with Gasteiger partial charge in [-0.1, -0.05) is 6.07 Å². The summed E-state index contributed by atoms with van der Waals surface area (Å²) in [6, 6.07) is 5.80. The molecule has 0 bridgehead atoms. The molecule has 1 aromatic heterocycles. The zero-order valence-electron chi connectivity index (χ0n) is 10.5. The molecule has 0 amide bonds. The third-order valence-electron chi connectivity index (χ3n) is 2.83. The van der Waals surface area contributed by atoms with E-state index in [1.54, 1.807) is 13.0 Å². The number of alkyl halides is 2. The first-order chi connectivity index (χ1) is 9.43. The lowest BCUT2D eigenvalue weighted by Crippen LogP contribution is -2.25. The van der Waals surface area contributed by atoms with Crippen LogP contribution < -0.4 is 15.0 Å². The molecule has 0 unspecified atom stereocenters. The predicted molar refractivity (Wildman–Crippen MR) is 65.0 cm³/mol. The molecule has 0 fully saturated rings. The van der Waals surface area contributed by atoms with Gasteiger partial charge in [0, 0.05) is 11.8 Å². The number of aryl methyl sites for hydroxylation is 1. The van der Waals surface area contributed by atoms with Crippen LogP contribution in [0.2, 0.25) is 0 Å². The highest BCUT2D eigenvalue weighted by atomic mass is 19.3. The van der Waals surface area contributed by atoms with Crippen molar-refractivity contribution < 1.29 is 18.3 Å². The van der Waals surface area contributed by atoms with Crippen LogP contribution in [0.15, 0.2) is 35.4 Å². The number of rotatable bonds is 2. The molecule has 7 heteroatoms. The van der Waals surface area contributed by atoms with E-state index >= 15 is 0 Å². The van der Waals surface area contributed by atoms with Crippen LogP contribution in [0.5, 0.6) is 11.5 Å². The summed E-state index contributed by atoms with van der Waals surface area (Å²) in [6.45, 7) is 1.93. The van der Waals surface area contributed by atoms with Crippen LogP contribution in [-0.2, 0) is 6.54 Å². The Bertz CT molecular complexity index is 728. The van der Waals surface area contributed by atoms with E-state index in [0.29, 0.717) is 11.3 Å². The van der Waals surface area contributed by atoms with Crippen molar-refractivity contribution in [3.05, 3.63) is 52.2 Å². The molecule has 5 nitrogen and oxygen atoms in total. The average molecular weight is 280 g/mol. The summed E-state index contributed by atoms with van der Waals surface area (Å²) in [5.74, 6) is -0.0613. The minimum atomic E-state index is -3.64. The summed E-state index contributed by atoms with van der Waals surface area (Å²) in [6.07, 6.45) is -2.22. The maximum atomic E-state index is 12.9. The minimum absolute atomic E-state index is 0.0203. The van der Waals surface area contributed by atoms with Crippen molar-refractivity contribution >= 4 is 0 Å². The van der Waals surface area contributed by atoms with Gasteiger partial charge in [-0.2, -0.15) is 0 Å². The van der Waals surface area contributed by atoms with Crippen LogP contribution in [0.3, 0.4) is 0 Å². The molecule has 1 aromatic carbocycles. The number of hydrogen-bond donors (Lipinski definition) is 0. The number of halogens is 2. The second kappa shape index (κ2) is 4.29. The Morgan fingerprint density at radius 3 is 2.75 bits per heavy atom. The molecular weight excluding hydrogens is 270 g/mol. The average Bonchev–Trinajstić information content (AvgIpc) is 2.66. The number of ether oxygens (including phenoxy) is 2. The van der Waals surface area contributed by atoms with Gasteiger partial charge in [-0.3, -0.25) is 9.36 Å². The van der Waals surface area contributed by atoms with Crippen molar-refractivity contribution in [1.82, 2.24) is 9.55 Å². The normalized spacial score (nSPS) is 15.3. The first-order valence-corrected chi connectivity index (χ1v) is 5.85. The Labute approximate surface area is 112 Å². The Morgan fingerprint density at radius 1 is 1.25 bits per heavy atom. The van der Waals surface area contributed by atoms with Gasteiger partial charge in [-0.15, -0.1) is 8.78 Å². The van der Waals surface area contributed by atoms with Crippen LogP contribution in [0, 0.1) is 6.92 Å². The van der Waals surface area contributed by atoms with Crippen molar-refractivity contribution in [2.24, 2.45) is 0 Å². The highest BCUT2D eigenvalue weighted by Gasteiger charge is 2.43. The van der Waals surface area contributed by atoms with Gasteiger partial charge >= 0.3 is 6.29 Å². The van der Waals surface area contributed by atoms with E-state index in [-0.39, 0.29) is 23.6 Å². The van der Waals surface area contributed by atoms with Crippen LogP contribution >= 0.6 is 0 Å². The summed E-state index contributed by atoms with van der Waals surface area (Å²) >= 11 is 0. The van der Waals surface area contributed by atoms with Crippen molar-refractivity contribution in [3.63, 3.8) is 0 Å². The first-order valence-electron chi connectivity index (χ1n) is 5.85. The van der Waals surface area contributed by atoms with Gasteiger partial charge in [0.2, 0.25) is 0 Å². The van der Waals surface area contributed by atoms with Crippen molar-refractivity contribution in [1.29, 1.82) is 0 Å². The second-order valence-corrected chi connectivity index (χ2v) is 4.45. The summed E-state index contributed by atoms with van der Waals surface area (Å²) in [5.41, 5.74) is 1.05. The van der Waals surface area contributed by atoms with E-state index in [9.17, 15) is 13.6 Å². The lowest BCUT2D eigenvalue weighted by atomic mass is 10.2. The highest BCUT2D eigenvalue weighted by molar-refractivity contribution is 5.45. The Kier molecular flexibility index (Phi) is 2.70. The number of benzene rings is 1. The molecule has 2 aromatic rings. The Morgan fingerprint density at radius 2 is 2.00 bits per heavy atom. The quantitative estimate of drug-likeness (QED) is 0.843. The molecule has 0 atom stereocenters. The monoisotopic (exact) mass is 280 g/mol. The SMILES string of the molecule is Cc1cc(=O)n(Cc2ccc3c(c2)OC(F)(F)O3)cn1. The van der Waals surface area contributed by atoms with Gasteiger partial charge in [0.05, 0.1) is 12.9 Å². The number of aromatic nitrogens is 2. The largest absolute Gasteiger partial charge is 0.586 e. The molecule has 0 N–H and O–H groups in total. The highest BCUT2D eigenvalue weighted by Crippen LogP contribution is 2.41. The van der Waals surface area contributed by atoms with E-state index < -0.39 is 6.29 Å². The number of nitrogens with zero attached hydrogens (tertiary/aromatic N) is 2. The van der Waals surface area contributed by atoms with E-state index in [1.807, 2.05) is 0 Å². The first kappa shape index (κ1) is 12.6. The summed E-state index contributed by atoms with van der Waals surface area (Å²) in [4.78, 5) is 15.7. The Hall–Kier alpha value is -2.44. The van der Waals surface area contributed by atoms with Crippen molar-refractivity contribution in [2.75, 3.05) is 0 Å². The molecular formula is C13H10F2N2O3. The van der Waals surface area contributed by atoms with E-state index in [4.69, 9.17) is 0 Å². The molecule has 0 saturated carbocycles. The second-order valence-electron chi connectivity index (χ2n) is 4.45. The number of hydrogen-bond acceptors (Lipinski definition) is 4. The van der Waals surface area contributed by atoms with Gasteiger partial charge in [-0.25, -0.2) is 4.98 Å². The van der Waals surface area contributed by atoms with Crippen molar-refractivity contribution in [2.45, 2.75) is 19.8 Å². The van der Waals surface area contributed by atoms with Gasteiger partial charge in [-0.05, 0) is 24.6 Å². The third-order valence-corrected chi connectivity index (χ3v) is 2.83. The van der Waals surface area contributed by atoms with Crippen LogP contribution in [0.25, 0.3) is 0 Å². The number of fused-ring (bicyclic) bond motifs is 1. The fourth-order valence-corrected chi connectivity index (χ4v) is 1.92. The molecule has 3 rings (SSSR count). The smallest absolute Gasteiger partial charge is 0.395 e. The predicted octanol–water partition coefficient (Wildman–Crippen LogP) is 1.92. The molecule has 20 heavy (non-hydrogen) atoms. The molecule has 1 aliphatic rings. The van der Waals surface area contributed by atoms with Gasteiger partial charge in [0.15, 0.2) is 11.5 Å². The lowest BCUT2D eigenvalue weighted by Gasteiger charge is -2.06. The minimum Gasteiger partial charge on any atom is -0.395 e. The van der Waals surface area contributed by atoms with Crippen LogP contribution in [0.1, 0.15) is 11.3 Å². The molecule has 0 saturated heterocycles. The topological polar surface area (TPSA) is 53.4 Å². The van der Waals surface area contributed by atoms with Crippen LogP contribution in [-0.4, -0.2) is 15.8 Å². The summed E-state index contributed by atoms with van der Waals surface area (Å²) in [7, 11) is 0.